The summed E-state index contributed by atoms with van der Waals surface area (Å²) >= 11 is 0. The first-order chi connectivity index (χ1) is 16.5. The van der Waals surface area contributed by atoms with Crippen LogP contribution in [0.3, 0.4) is 0 Å². The highest BCUT2D eigenvalue weighted by atomic mass is 16.5. The molecule has 1 fully saturated rings. The number of hydrogen-bond acceptors (Lipinski definition) is 8. The van der Waals surface area contributed by atoms with E-state index >= 15 is 0 Å². The molecule has 0 spiro atoms. The molecular formula is C24H27N5O5. The molecule has 3 heterocycles. The first-order valence-corrected chi connectivity index (χ1v) is 11.5. The molecule has 4 rings (SSSR count). The van der Waals surface area contributed by atoms with E-state index in [4.69, 9.17) is 9.47 Å². The van der Waals surface area contributed by atoms with Crippen molar-refractivity contribution in [2.45, 2.75) is 32.6 Å². The van der Waals surface area contributed by atoms with Crippen LogP contribution < -0.4 is 20.5 Å². The maximum absolute atomic E-state index is 13.3. The van der Waals surface area contributed by atoms with Crippen molar-refractivity contribution in [2.24, 2.45) is 11.8 Å². The molecule has 10 heteroatoms. The van der Waals surface area contributed by atoms with Crippen molar-refractivity contribution in [3.8, 4) is 11.8 Å². The maximum atomic E-state index is 13.3. The summed E-state index contributed by atoms with van der Waals surface area (Å²) in [5.74, 6) is -1.87. The molecule has 0 radical (unpaired) electrons. The molecule has 0 aliphatic carbocycles. The number of ether oxygens (including phenoxy) is 2. The molecule has 2 atom stereocenters. The SMILES string of the molecule is CCOC(=O)C1CCN(c2nc3c(c(=O)[nH]2)C(c2ccccc2OCC)C(C#N)C(=O)N3)CC1. The molecule has 1 saturated heterocycles. The van der Waals surface area contributed by atoms with Crippen molar-refractivity contribution >= 4 is 23.6 Å². The van der Waals surface area contributed by atoms with Crippen molar-refractivity contribution in [1.29, 1.82) is 5.26 Å². The van der Waals surface area contributed by atoms with E-state index < -0.39 is 23.3 Å². The van der Waals surface area contributed by atoms with E-state index in [0.29, 0.717) is 56.4 Å². The molecule has 2 aliphatic rings. The van der Waals surface area contributed by atoms with E-state index in [0.717, 1.165) is 0 Å². The lowest BCUT2D eigenvalue weighted by Crippen LogP contribution is -2.41. The Balaban J connectivity index is 1.69. The van der Waals surface area contributed by atoms with Crippen LogP contribution in [0.5, 0.6) is 5.75 Å². The number of esters is 1. The highest BCUT2D eigenvalue weighted by Crippen LogP contribution is 2.41. The van der Waals surface area contributed by atoms with Gasteiger partial charge in [0.25, 0.3) is 5.56 Å². The Bertz CT molecular complexity index is 1180. The van der Waals surface area contributed by atoms with E-state index in [-0.39, 0.29) is 23.3 Å². The van der Waals surface area contributed by atoms with E-state index in [1.54, 1.807) is 31.2 Å². The number of nitrogens with zero attached hydrogens (tertiary/aromatic N) is 3. The Morgan fingerprint density at radius 3 is 2.62 bits per heavy atom. The summed E-state index contributed by atoms with van der Waals surface area (Å²) in [6, 6.07) is 9.13. The third-order valence-corrected chi connectivity index (χ3v) is 6.22. The van der Waals surface area contributed by atoms with Crippen molar-refractivity contribution in [3.63, 3.8) is 0 Å². The zero-order valence-corrected chi connectivity index (χ0v) is 19.2. The number of nitrogens with one attached hydrogen (secondary N) is 2. The van der Waals surface area contributed by atoms with E-state index in [2.05, 4.69) is 15.3 Å². The molecule has 34 heavy (non-hydrogen) atoms. The highest BCUT2D eigenvalue weighted by molar-refractivity contribution is 5.98. The van der Waals surface area contributed by atoms with Gasteiger partial charge in [-0.25, -0.2) is 0 Å². The number of rotatable bonds is 6. The third kappa shape index (κ3) is 4.33. The summed E-state index contributed by atoms with van der Waals surface area (Å²) in [4.78, 5) is 47.4. The number of para-hydroxylation sites is 1. The quantitative estimate of drug-likeness (QED) is 0.619. The minimum Gasteiger partial charge on any atom is -0.494 e. The number of carbonyl (C=O) groups excluding carboxylic acids is 2. The van der Waals surface area contributed by atoms with Gasteiger partial charge in [-0.05, 0) is 32.8 Å². The van der Waals surface area contributed by atoms with Gasteiger partial charge in [0.1, 0.15) is 17.5 Å². The number of aromatic nitrogens is 2. The molecule has 178 valence electrons. The molecule has 0 bridgehead atoms. The molecule has 1 aromatic heterocycles. The van der Waals surface area contributed by atoms with Gasteiger partial charge in [-0.2, -0.15) is 10.2 Å². The van der Waals surface area contributed by atoms with Gasteiger partial charge in [-0.15, -0.1) is 0 Å². The number of hydrogen-bond donors (Lipinski definition) is 2. The zero-order chi connectivity index (χ0) is 24.2. The first-order valence-electron chi connectivity index (χ1n) is 11.5. The van der Waals surface area contributed by atoms with Gasteiger partial charge in [-0.1, -0.05) is 18.2 Å². The van der Waals surface area contributed by atoms with Crippen molar-refractivity contribution in [1.82, 2.24) is 9.97 Å². The van der Waals surface area contributed by atoms with Crippen molar-refractivity contribution in [3.05, 3.63) is 45.7 Å². The van der Waals surface area contributed by atoms with Crippen molar-refractivity contribution < 1.29 is 19.1 Å². The van der Waals surface area contributed by atoms with Gasteiger partial charge >= 0.3 is 5.97 Å². The Hall–Kier alpha value is -3.87. The standard InChI is InChI=1S/C24H27N5O5/c1-3-33-17-8-6-5-7-15(17)18-16(13-25)21(30)26-20-19(18)22(31)28-24(27-20)29-11-9-14(10-12-29)23(32)34-4-2/h5-8,14,16,18H,3-4,9-12H2,1-2H3,(H2,26,27,28,30,31). The Morgan fingerprint density at radius 2 is 1.94 bits per heavy atom. The molecule has 2 aliphatic heterocycles. The Morgan fingerprint density at radius 1 is 1.21 bits per heavy atom. The number of nitriles is 1. The van der Waals surface area contributed by atoms with Gasteiger partial charge in [0, 0.05) is 24.6 Å². The number of aromatic amines is 1. The second-order valence-electron chi connectivity index (χ2n) is 8.21. The second-order valence-corrected chi connectivity index (χ2v) is 8.21. The molecular weight excluding hydrogens is 438 g/mol. The topological polar surface area (TPSA) is 137 Å². The molecule has 2 unspecified atom stereocenters. The lowest BCUT2D eigenvalue weighted by atomic mass is 9.79. The van der Waals surface area contributed by atoms with Crippen LogP contribution in [-0.4, -0.2) is 48.1 Å². The van der Waals surface area contributed by atoms with Crippen LogP contribution in [-0.2, 0) is 14.3 Å². The molecule has 1 amide bonds. The summed E-state index contributed by atoms with van der Waals surface area (Å²) in [6.07, 6.45) is 1.15. The fraction of sp³-hybridized carbons (Fsp3) is 0.458. The normalized spacial score (nSPS) is 20.1. The van der Waals surface area contributed by atoms with Crippen LogP contribution in [0.1, 0.15) is 43.7 Å². The van der Waals surface area contributed by atoms with E-state index in [1.165, 1.54) is 0 Å². The van der Waals surface area contributed by atoms with Crippen LogP contribution in [0.4, 0.5) is 11.8 Å². The predicted octanol–water partition coefficient (Wildman–Crippen LogP) is 2.17. The monoisotopic (exact) mass is 465 g/mol. The maximum Gasteiger partial charge on any atom is 0.309 e. The Labute approximate surface area is 196 Å². The minimum atomic E-state index is -1.11. The predicted molar refractivity (Wildman–Crippen MR) is 124 cm³/mol. The number of carbonyl (C=O) groups is 2. The summed E-state index contributed by atoms with van der Waals surface area (Å²) in [7, 11) is 0. The average Bonchev–Trinajstić information content (AvgIpc) is 2.84. The lowest BCUT2D eigenvalue weighted by molar-refractivity contribution is -0.148. The number of amides is 1. The van der Waals surface area contributed by atoms with E-state index in [9.17, 15) is 19.6 Å². The highest BCUT2D eigenvalue weighted by Gasteiger charge is 2.42. The first kappa shape index (κ1) is 23.3. The number of benzene rings is 1. The van der Waals surface area contributed by atoms with Gasteiger partial charge < -0.3 is 19.7 Å². The molecule has 2 aromatic rings. The van der Waals surface area contributed by atoms with Crippen LogP contribution >= 0.6 is 0 Å². The smallest absolute Gasteiger partial charge is 0.309 e. The van der Waals surface area contributed by atoms with Gasteiger partial charge in [0.2, 0.25) is 11.9 Å². The van der Waals surface area contributed by atoms with E-state index in [1.807, 2.05) is 17.9 Å². The van der Waals surface area contributed by atoms with Crippen LogP contribution in [0.15, 0.2) is 29.1 Å². The van der Waals surface area contributed by atoms with Gasteiger partial charge in [-0.3, -0.25) is 19.4 Å². The molecule has 2 N–H and O–H groups in total. The summed E-state index contributed by atoms with van der Waals surface area (Å²) in [5.41, 5.74) is 0.384. The zero-order valence-electron chi connectivity index (χ0n) is 19.2. The fourth-order valence-electron chi connectivity index (χ4n) is 4.60. The van der Waals surface area contributed by atoms with Crippen molar-refractivity contribution in [2.75, 3.05) is 36.5 Å². The van der Waals surface area contributed by atoms with Gasteiger partial charge in [0.05, 0.1) is 30.8 Å². The number of piperidine rings is 1. The van der Waals surface area contributed by atoms with Crippen LogP contribution in [0.25, 0.3) is 0 Å². The number of anilines is 2. The average molecular weight is 466 g/mol. The second kappa shape index (κ2) is 9.95. The largest absolute Gasteiger partial charge is 0.494 e. The number of fused-ring (bicyclic) bond motifs is 1. The Kier molecular flexibility index (Phi) is 6.82. The lowest BCUT2D eigenvalue weighted by Gasteiger charge is -2.33. The fourth-order valence-corrected chi connectivity index (χ4v) is 4.60. The molecule has 1 aromatic carbocycles. The van der Waals surface area contributed by atoms with Crippen LogP contribution in [0.2, 0.25) is 0 Å². The summed E-state index contributed by atoms with van der Waals surface area (Å²) < 4.78 is 10.8. The minimum absolute atomic E-state index is 0.138. The molecule has 0 saturated carbocycles. The number of H-pyrrole nitrogens is 1. The summed E-state index contributed by atoms with van der Waals surface area (Å²) in [5, 5.41) is 12.4. The van der Waals surface area contributed by atoms with Crippen LogP contribution in [0, 0.1) is 23.2 Å². The molecule has 10 nitrogen and oxygen atoms in total. The third-order valence-electron chi connectivity index (χ3n) is 6.22. The van der Waals surface area contributed by atoms with Gasteiger partial charge in [0.15, 0.2) is 0 Å². The summed E-state index contributed by atoms with van der Waals surface area (Å²) in [6.45, 7) is 5.38.